The molecule has 0 aliphatic heterocycles. The smallest absolute Gasteiger partial charge is 0.359 e. The van der Waals surface area contributed by atoms with E-state index in [2.05, 4.69) is 15.3 Å². The molecule has 0 saturated carbocycles. The number of halogens is 4. The zero-order valence-electron chi connectivity index (χ0n) is 16.1. The van der Waals surface area contributed by atoms with Crippen LogP contribution in [0.2, 0.25) is 5.15 Å². The topological polar surface area (TPSA) is 88.9 Å². The standard InChI is InChI=1S/C19H17ClF3N5O2/c1-10-6-13-14(7-11(10)2)28(17(24-3)26-13)18(9-29,19(21,22)23)27-16(30)12-4-5-15(20)25-8-12/h4-9H,1-3H3,(H,24,26)(H,27,30). The number of carbonyl (C=O) groups excluding carboxylic acids is 2. The van der Waals surface area contributed by atoms with Crippen LogP contribution in [0.5, 0.6) is 0 Å². The lowest BCUT2D eigenvalue weighted by atomic mass is 10.1. The van der Waals surface area contributed by atoms with E-state index in [1.807, 2.05) is 5.32 Å². The van der Waals surface area contributed by atoms with Gasteiger partial charge in [0.15, 0.2) is 6.29 Å². The van der Waals surface area contributed by atoms with E-state index in [9.17, 15) is 22.8 Å². The summed E-state index contributed by atoms with van der Waals surface area (Å²) in [6.07, 6.45) is -4.53. The van der Waals surface area contributed by atoms with Crippen molar-refractivity contribution in [3.8, 4) is 0 Å². The first-order valence-corrected chi connectivity index (χ1v) is 9.07. The molecule has 3 aromatic rings. The SMILES string of the molecule is CNc1nc2cc(C)c(C)cc2n1C(C=O)(NC(=O)c1ccc(Cl)nc1)C(F)(F)F. The van der Waals surface area contributed by atoms with Gasteiger partial charge in [0.2, 0.25) is 5.95 Å². The third kappa shape index (κ3) is 3.47. The molecule has 0 aliphatic rings. The summed E-state index contributed by atoms with van der Waals surface area (Å²) in [6, 6.07) is 5.55. The van der Waals surface area contributed by atoms with Gasteiger partial charge in [-0.1, -0.05) is 11.6 Å². The summed E-state index contributed by atoms with van der Waals surface area (Å²) >= 11 is 5.66. The predicted molar refractivity (Wildman–Crippen MR) is 106 cm³/mol. The number of rotatable bonds is 5. The lowest BCUT2D eigenvalue weighted by molar-refractivity contribution is -0.211. The van der Waals surface area contributed by atoms with Gasteiger partial charge in [-0.2, -0.15) is 13.2 Å². The maximum absolute atomic E-state index is 14.3. The number of anilines is 1. The number of aromatic nitrogens is 3. The molecule has 1 aromatic carbocycles. The van der Waals surface area contributed by atoms with Gasteiger partial charge in [-0.25, -0.2) is 9.97 Å². The second-order valence-corrected chi connectivity index (χ2v) is 7.04. The van der Waals surface area contributed by atoms with Gasteiger partial charge in [-0.05, 0) is 49.2 Å². The van der Waals surface area contributed by atoms with Gasteiger partial charge < -0.3 is 10.6 Å². The quantitative estimate of drug-likeness (QED) is 0.468. The van der Waals surface area contributed by atoms with Gasteiger partial charge in [0.25, 0.3) is 11.6 Å². The highest BCUT2D eigenvalue weighted by atomic mass is 35.5. The van der Waals surface area contributed by atoms with Crippen LogP contribution in [0.25, 0.3) is 11.0 Å². The first kappa shape index (κ1) is 21.6. The average Bonchev–Trinajstić information content (AvgIpc) is 3.03. The Balaban J connectivity index is 2.27. The summed E-state index contributed by atoms with van der Waals surface area (Å²) in [5.74, 6) is -1.40. The minimum Gasteiger partial charge on any atom is -0.359 e. The van der Waals surface area contributed by atoms with E-state index >= 15 is 0 Å². The number of benzene rings is 1. The van der Waals surface area contributed by atoms with Gasteiger partial charge in [0.1, 0.15) is 5.15 Å². The maximum Gasteiger partial charge on any atom is 0.438 e. The Morgan fingerprint density at radius 1 is 1.20 bits per heavy atom. The Morgan fingerprint density at radius 2 is 1.87 bits per heavy atom. The van der Waals surface area contributed by atoms with Gasteiger partial charge >= 0.3 is 6.18 Å². The Morgan fingerprint density at radius 3 is 2.40 bits per heavy atom. The van der Waals surface area contributed by atoms with Gasteiger partial charge in [0, 0.05) is 13.2 Å². The summed E-state index contributed by atoms with van der Waals surface area (Å²) in [5.41, 5.74) is -1.84. The minimum absolute atomic E-state index is 0.0291. The molecule has 0 saturated heterocycles. The van der Waals surface area contributed by atoms with E-state index in [1.54, 1.807) is 19.9 Å². The van der Waals surface area contributed by atoms with Crippen molar-refractivity contribution in [2.24, 2.45) is 0 Å². The Hall–Kier alpha value is -3.14. The average molecular weight is 440 g/mol. The highest BCUT2D eigenvalue weighted by Crippen LogP contribution is 2.39. The van der Waals surface area contributed by atoms with Crippen molar-refractivity contribution in [1.29, 1.82) is 0 Å². The zero-order chi connectivity index (χ0) is 22.3. The van der Waals surface area contributed by atoms with Crippen molar-refractivity contribution in [2.45, 2.75) is 25.7 Å². The van der Waals surface area contributed by atoms with E-state index in [0.717, 1.165) is 11.8 Å². The third-order valence-electron chi connectivity index (χ3n) is 4.74. The van der Waals surface area contributed by atoms with Crippen molar-refractivity contribution >= 4 is 40.8 Å². The number of amides is 1. The molecule has 11 heteroatoms. The number of carbonyl (C=O) groups is 2. The fourth-order valence-electron chi connectivity index (χ4n) is 3.02. The molecule has 1 atom stereocenters. The molecular weight excluding hydrogens is 423 g/mol. The molecule has 2 aromatic heterocycles. The predicted octanol–water partition coefficient (Wildman–Crippen LogP) is 3.59. The molecule has 2 heterocycles. The van der Waals surface area contributed by atoms with Crippen LogP contribution in [0, 0.1) is 13.8 Å². The lowest BCUT2D eigenvalue weighted by Crippen LogP contribution is -2.61. The Bertz CT molecular complexity index is 1130. The third-order valence-corrected chi connectivity index (χ3v) is 4.97. The van der Waals surface area contributed by atoms with Crippen LogP contribution >= 0.6 is 11.6 Å². The molecule has 2 N–H and O–H groups in total. The number of nitrogens with one attached hydrogen (secondary N) is 2. The first-order valence-electron chi connectivity index (χ1n) is 8.69. The zero-order valence-corrected chi connectivity index (χ0v) is 16.9. The Kier molecular flexibility index (Phi) is 5.46. The maximum atomic E-state index is 14.3. The van der Waals surface area contributed by atoms with Crippen LogP contribution in [0.3, 0.4) is 0 Å². The second kappa shape index (κ2) is 7.60. The first-order chi connectivity index (χ1) is 14.0. The normalized spacial score (nSPS) is 13.7. The molecule has 7 nitrogen and oxygen atoms in total. The van der Waals surface area contributed by atoms with Crippen molar-refractivity contribution in [3.63, 3.8) is 0 Å². The lowest BCUT2D eigenvalue weighted by Gasteiger charge is -2.34. The number of aldehydes is 1. The van der Waals surface area contributed by atoms with Crippen LogP contribution in [-0.2, 0) is 10.5 Å². The van der Waals surface area contributed by atoms with Crippen LogP contribution in [-0.4, -0.2) is 40.0 Å². The summed E-state index contributed by atoms with van der Waals surface area (Å²) in [7, 11) is 1.37. The molecule has 0 spiro atoms. The highest BCUT2D eigenvalue weighted by Gasteiger charge is 2.59. The summed E-state index contributed by atoms with van der Waals surface area (Å²) < 4.78 is 43.7. The molecule has 30 heavy (non-hydrogen) atoms. The van der Waals surface area contributed by atoms with E-state index in [-0.39, 0.29) is 34.0 Å². The summed E-state index contributed by atoms with van der Waals surface area (Å²) in [6.45, 7) is 3.51. The van der Waals surface area contributed by atoms with Gasteiger partial charge in [-0.15, -0.1) is 0 Å². The van der Waals surface area contributed by atoms with Crippen molar-refractivity contribution < 1.29 is 22.8 Å². The van der Waals surface area contributed by atoms with Crippen molar-refractivity contribution in [2.75, 3.05) is 12.4 Å². The second-order valence-electron chi connectivity index (χ2n) is 6.65. The van der Waals surface area contributed by atoms with Crippen LogP contribution in [0.1, 0.15) is 21.5 Å². The Labute approximate surface area is 174 Å². The number of imidazole rings is 1. The molecule has 158 valence electrons. The molecular formula is C19H17ClF3N5O2. The molecule has 0 aliphatic carbocycles. The van der Waals surface area contributed by atoms with Crippen LogP contribution in [0.15, 0.2) is 30.5 Å². The fraction of sp³-hybridized carbons (Fsp3) is 0.263. The van der Waals surface area contributed by atoms with E-state index in [0.29, 0.717) is 10.1 Å². The molecule has 1 amide bonds. The number of hydrogen-bond acceptors (Lipinski definition) is 5. The molecule has 0 radical (unpaired) electrons. The van der Waals surface area contributed by atoms with Crippen molar-refractivity contribution in [1.82, 2.24) is 19.9 Å². The molecule has 3 rings (SSSR count). The number of aryl methyl sites for hydroxylation is 2. The van der Waals surface area contributed by atoms with E-state index in [4.69, 9.17) is 11.6 Å². The van der Waals surface area contributed by atoms with Crippen molar-refractivity contribution in [3.05, 3.63) is 52.3 Å². The number of hydrogen-bond donors (Lipinski definition) is 2. The molecule has 1 unspecified atom stereocenters. The number of alkyl halides is 3. The summed E-state index contributed by atoms with van der Waals surface area (Å²) in [4.78, 5) is 32.5. The minimum atomic E-state index is -5.19. The van der Waals surface area contributed by atoms with Gasteiger partial charge in [0.05, 0.1) is 16.6 Å². The summed E-state index contributed by atoms with van der Waals surface area (Å²) in [5, 5.41) is 4.46. The van der Waals surface area contributed by atoms with Crippen LogP contribution < -0.4 is 10.6 Å². The largest absolute Gasteiger partial charge is 0.438 e. The number of pyridine rings is 1. The monoisotopic (exact) mass is 439 g/mol. The molecule has 0 fully saturated rings. The number of nitrogens with zero attached hydrogens (tertiary/aromatic N) is 3. The highest BCUT2D eigenvalue weighted by molar-refractivity contribution is 6.29. The van der Waals surface area contributed by atoms with E-state index in [1.165, 1.54) is 25.2 Å². The number of fused-ring (bicyclic) bond motifs is 1. The van der Waals surface area contributed by atoms with E-state index < -0.39 is 17.7 Å². The molecule has 0 bridgehead atoms. The van der Waals surface area contributed by atoms with Crippen LogP contribution in [0.4, 0.5) is 19.1 Å². The fourth-order valence-corrected chi connectivity index (χ4v) is 3.13. The van der Waals surface area contributed by atoms with Gasteiger partial charge in [-0.3, -0.25) is 14.2 Å².